The quantitative estimate of drug-likeness (QED) is 0.195. The lowest BCUT2D eigenvalue weighted by Crippen LogP contribution is -1.94. The highest BCUT2D eigenvalue weighted by atomic mass is 79.9. The van der Waals surface area contributed by atoms with Crippen LogP contribution in [0, 0.1) is 0 Å². The Hall–Kier alpha value is -2.29. The van der Waals surface area contributed by atoms with E-state index in [4.69, 9.17) is 0 Å². The molecule has 5 nitrogen and oxygen atoms in total. The normalized spacial score (nSPS) is 11.7. The number of rotatable bonds is 2. The summed E-state index contributed by atoms with van der Waals surface area (Å²) in [5, 5.41) is 11.0. The van der Waals surface area contributed by atoms with Gasteiger partial charge in [-0.05, 0) is 73.5 Å². The summed E-state index contributed by atoms with van der Waals surface area (Å²) >= 11 is 10.3. The van der Waals surface area contributed by atoms with Gasteiger partial charge in [-0.25, -0.2) is 0 Å². The SMILES string of the molecule is Brc1ccc2c(c1)C=NC2.CCn1cc2cc(Br)ccc2n1.CCn1ncc2cc(Br)ccc21. The van der Waals surface area contributed by atoms with E-state index in [2.05, 4.69) is 113 Å². The number of hydrogen-bond donors (Lipinski definition) is 0. The van der Waals surface area contributed by atoms with Gasteiger partial charge >= 0.3 is 0 Å². The van der Waals surface area contributed by atoms with Gasteiger partial charge in [-0.3, -0.25) is 14.4 Å². The van der Waals surface area contributed by atoms with Gasteiger partial charge in [-0.15, -0.1) is 0 Å². The molecule has 8 heteroatoms. The Morgan fingerprint density at radius 2 is 1.53 bits per heavy atom. The smallest absolute Gasteiger partial charge is 0.0924 e. The molecule has 0 saturated heterocycles. The van der Waals surface area contributed by atoms with Crippen LogP contribution in [0.25, 0.3) is 21.8 Å². The van der Waals surface area contributed by atoms with E-state index in [1.54, 1.807) is 0 Å². The fourth-order valence-electron chi connectivity index (χ4n) is 3.59. The summed E-state index contributed by atoms with van der Waals surface area (Å²) in [6, 6.07) is 18.5. The summed E-state index contributed by atoms with van der Waals surface area (Å²) in [5.41, 5.74) is 4.82. The molecule has 1 aliphatic heterocycles. The number of nitrogens with zero attached hydrogens (tertiary/aromatic N) is 5. The van der Waals surface area contributed by atoms with Crippen molar-refractivity contribution in [3.05, 3.63) is 91.5 Å². The van der Waals surface area contributed by atoms with Gasteiger partial charge in [0.2, 0.25) is 0 Å². The second-order valence-corrected chi connectivity index (χ2v) is 10.4. The van der Waals surface area contributed by atoms with Gasteiger partial charge in [-0.2, -0.15) is 10.2 Å². The minimum atomic E-state index is 0.850. The van der Waals surface area contributed by atoms with Crippen LogP contribution in [0.5, 0.6) is 0 Å². The second kappa shape index (κ2) is 11.4. The van der Waals surface area contributed by atoms with Crippen LogP contribution in [0.15, 0.2) is 85.4 Å². The van der Waals surface area contributed by atoms with Crippen molar-refractivity contribution in [2.45, 2.75) is 33.5 Å². The zero-order valence-electron chi connectivity index (χ0n) is 18.9. The Balaban J connectivity index is 0.000000121. The first-order valence-electron chi connectivity index (χ1n) is 11.0. The minimum Gasteiger partial charge on any atom is -0.288 e. The fourth-order valence-corrected chi connectivity index (χ4v) is 4.73. The molecule has 3 heterocycles. The summed E-state index contributed by atoms with van der Waals surface area (Å²) < 4.78 is 7.26. The lowest BCUT2D eigenvalue weighted by Gasteiger charge is -1.97. The predicted octanol–water partition coefficient (Wildman–Crippen LogP) is 8.02. The second-order valence-electron chi connectivity index (χ2n) is 7.66. The van der Waals surface area contributed by atoms with Gasteiger partial charge < -0.3 is 0 Å². The van der Waals surface area contributed by atoms with Crippen LogP contribution in [0.1, 0.15) is 25.0 Å². The fraction of sp³-hybridized carbons (Fsp3) is 0.192. The number of hydrogen-bond acceptors (Lipinski definition) is 3. The summed E-state index contributed by atoms with van der Waals surface area (Å²) in [6.45, 7) is 6.87. The van der Waals surface area contributed by atoms with Crippen molar-refractivity contribution in [2.75, 3.05) is 0 Å². The summed E-state index contributed by atoms with van der Waals surface area (Å²) in [7, 11) is 0. The average Bonchev–Trinajstić information content (AvgIpc) is 3.56. The van der Waals surface area contributed by atoms with Crippen LogP contribution in [0.4, 0.5) is 0 Å². The Morgan fingerprint density at radius 1 is 0.824 bits per heavy atom. The van der Waals surface area contributed by atoms with E-state index in [1.165, 1.54) is 27.4 Å². The maximum absolute atomic E-state index is 4.37. The van der Waals surface area contributed by atoms with Crippen LogP contribution in [-0.2, 0) is 19.6 Å². The van der Waals surface area contributed by atoms with Crippen molar-refractivity contribution >= 4 is 75.8 Å². The minimum absolute atomic E-state index is 0.850. The Morgan fingerprint density at radius 3 is 2.29 bits per heavy atom. The topological polar surface area (TPSA) is 48.0 Å². The maximum Gasteiger partial charge on any atom is 0.0924 e. The molecule has 0 saturated carbocycles. The van der Waals surface area contributed by atoms with Gasteiger partial charge in [0.05, 0.1) is 23.8 Å². The first kappa shape index (κ1) is 24.8. The first-order chi connectivity index (χ1) is 16.5. The lowest BCUT2D eigenvalue weighted by atomic mass is 10.1. The van der Waals surface area contributed by atoms with Crippen molar-refractivity contribution in [1.29, 1.82) is 0 Å². The molecule has 0 fully saturated rings. The standard InChI is InChI=1S/2C9H9BrN2.C8H6BrN/c1-2-12-6-7-5-8(10)3-4-9(7)11-12;1-2-12-9-4-3-8(10)5-7(9)6-11-12;9-8-2-1-6-4-10-5-7(6)3-8/h2*3-6H,2H2,1H3;1-3,5H,4H2. The molecular formula is C26H24Br3N5. The molecule has 2 aromatic heterocycles. The number of fused-ring (bicyclic) bond motifs is 3. The summed E-state index contributed by atoms with van der Waals surface area (Å²) in [5.74, 6) is 0. The molecular weight excluding hydrogens is 622 g/mol. The zero-order valence-corrected chi connectivity index (χ0v) is 23.7. The van der Waals surface area contributed by atoms with E-state index in [0.29, 0.717) is 0 Å². The van der Waals surface area contributed by atoms with Crippen molar-refractivity contribution < 1.29 is 0 Å². The molecule has 34 heavy (non-hydrogen) atoms. The van der Waals surface area contributed by atoms with Crippen LogP contribution in [0.2, 0.25) is 0 Å². The number of aliphatic imine (C=N–C) groups is 1. The predicted molar refractivity (Wildman–Crippen MR) is 152 cm³/mol. The van der Waals surface area contributed by atoms with E-state index in [1.807, 2.05) is 46.0 Å². The third kappa shape index (κ3) is 6.03. The van der Waals surface area contributed by atoms with Crippen molar-refractivity contribution in [1.82, 2.24) is 19.6 Å². The molecule has 1 aliphatic rings. The Bertz CT molecular complexity index is 1440. The van der Waals surface area contributed by atoms with Crippen molar-refractivity contribution in [2.24, 2.45) is 4.99 Å². The number of halogens is 3. The Labute approximate surface area is 224 Å². The third-order valence-electron chi connectivity index (χ3n) is 5.34. The van der Waals surface area contributed by atoms with E-state index in [0.717, 1.165) is 38.6 Å². The Kier molecular flexibility index (Phi) is 8.34. The largest absolute Gasteiger partial charge is 0.288 e. The van der Waals surface area contributed by atoms with E-state index < -0.39 is 0 Å². The van der Waals surface area contributed by atoms with Gasteiger partial charge in [0.15, 0.2) is 0 Å². The molecule has 5 aromatic rings. The average molecular weight is 646 g/mol. The van der Waals surface area contributed by atoms with E-state index >= 15 is 0 Å². The number of aromatic nitrogens is 4. The lowest BCUT2D eigenvalue weighted by molar-refractivity contribution is 0.668. The molecule has 0 aliphatic carbocycles. The molecule has 0 bridgehead atoms. The van der Waals surface area contributed by atoms with Crippen molar-refractivity contribution in [3.8, 4) is 0 Å². The molecule has 0 unspecified atom stereocenters. The van der Waals surface area contributed by atoms with Gasteiger partial charge in [0, 0.05) is 49.7 Å². The van der Waals surface area contributed by atoms with Crippen LogP contribution in [0.3, 0.4) is 0 Å². The monoisotopic (exact) mass is 643 g/mol. The summed E-state index contributed by atoms with van der Waals surface area (Å²) in [6.07, 6.45) is 5.86. The molecule has 6 rings (SSSR count). The van der Waals surface area contributed by atoms with Crippen molar-refractivity contribution in [3.63, 3.8) is 0 Å². The van der Waals surface area contributed by atoms with E-state index in [9.17, 15) is 0 Å². The zero-order chi connectivity index (χ0) is 24.1. The number of aryl methyl sites for hydroxylation is 2. The molecule has 3 aromatic carbocycles. The first-order valence-corrected chi connectivity index (χ1v) is 13.4. The molecule has 0 atom stereocenters. The van der Waals surface area contributed by atoms with E-state index in [-0.39, 0.29) is 0 Å². The van der Waals surface area contributed by atoms with Crippen LogP contribution in [-0.4, -0.2) is 25.8 Å². The van der Waals surface area contributed by atoms with Gasteiger partial charge in [0.25, 0.3) is 0 Å². The highest BCUT2D eigenvalue weighted by Crippen LogP contribution is 2.20. The molecule has 0 radical (unpaired) electrons. The van der Waals surface area contributed by atoms with Crippen LogP contribution >= 0.6 is 47.8 Å². The summed E-state index contributed by atoms with van der Waals surface area (Å²) in [4.78, 5) is 4.15. The molecule has 0 amide bonds. The number of benzene rings is 3. The highest BCUT2D eigenvalue weighted by Gasteiger charge is 2.04. The molecule has 0 spiro atoms. The van der Waals surface area contributed by atoms with Gasteiger partial charge in [-0.1, -0.05) is 53.9 Å². The highest BCUT2D eigenvalue weighted by molar-refractivity contribution is 9.11. The third-order valence-corrected chi connectivity index (χ3v) is 6.82. The maximum atomic E-state index is 4.37. The van der Waals surface area contributed by atoms with Gasteiger partial charge in [0.1, 0.15) is 0 Å². The van der Waals surface area contributed by atoms with Crippen LogP contribution < -0.4 is 0 Å². The molecule has 174 valence electrons. The molecule has 0 N–H and O–H groups in total.